The van der Waals surface area contributed by atoms with Crippen LogP contribution in [-0.4, -0.2) is 43.1 Å². The Labute approximate surface area is 150 Å². The van der Waals surface area contributed by atoms with E-state index in [9.17, 15) is 13.5 Å². The molecule has 1 unspecified atom stereocenters. The van der Waals surface area contributed by atoms with Crippen molar-refractivity contribution in [3.8, 4) is 11.1 Å². The number of benzene rings is 2. The molecule has 0 fully saturated rings. The van der Waals surface area contributed by atoms with Crippen molar-refractivity contribution >= 4 is 36.7 Å². The van der Waals surface area contributed by atoms with E-state index in [1.54, 1.807) is 25.1 Å². The maximum atomic E-state index is 12.3. The average Bonchev–Trinajstić information content (AvgIpc) is 2.95. The Bertz CT molecular complexity index is 1010. The number of hydrogen-bond donors (Lipinski definition) is 2. The zero-order chi connectivity index (χ0) is 18.2. The van der Waals surface area contributed by atoms with Gasteiger partial charge in [0.05, 0.1) is 15.1 Å². The van der Waals surface area contributed by atoms with E-state index in [1.165, 1.54) is 29.7 Å². The van der Waals surface area contributed by atoms with E-state index in [0.29, 0.717) is 5.13 Å². The van der Waals surface area contributed by atoms with Gasteiger partial charge in [-0.25, -0.2) is 17.7 Å². The lowest BCUT2D eigenvalue weighted by Crippen LogP contribution is -2.22. The molecular weight excluding hydrogens is 358 g/mol. The summed E-state index contributed by atoms with van der Waals surface area (Å²) in [6, 6.07) is 12.7. The largest absolute Gasteiger partial charge is 0.374 e. The fraction of sp³-hybridized carbons (Fsp3) is 0.235. The molecule has 25 heavy (non-hydrogen) atoms. The second kappa shape index (κ2) is 6.72. The molecule has 0 amide bonds. The molecule has 2 N–H and O–H groups in total. The summed E-state index contributed by atoms with van der Waals surface area (Å²) in [4.78, 5) is 4.67. The van der Waals surface area contributed by atoms with Crippen LogP contribution in [0.15, 0.2) is 47.4 Å². The number of aliphatic hydroxyl groups excluding tert-OH is 1. The number of nitrogens with zero attached hydrogens (tertiary/aromatic N) is 2. The molecule has 132 valence electrons. The number of fused-ring (bicyclic) bond motifs is 1. The number of sulfonamides is 1. The van der Waals surface area contributed by atoms with E-state index < -0.39 is 16.3 Å². The van der Waals surface area contributed by atoms with Crippen LogP contribution in [0.1, 0.15) is 6.92 Å². The third kappa shape index (κ3) is 3.67. The van der Waals surface area contributed by atoms with Crippen molar-refractivity contribution in [1.29, 1.82) is 0 Å². The van der Waals surface area contributed by atoms with Crippen LogP contribution < -0.4 is 5.32 Å². The predicted octanol–water partition coefficient (Wildman–Crippen LogP) is 2.96. The molecule has 0 aliphatic heterocycles. The van der Waals surface area contributed by atoms with Gasteiger partial charge in [-0.15, -0.1) is 0 Å². The van der Waals surface area contributed by atoms with Crippen LogP contribution in [0.2, 0.25) is 0 Å². The first-order valence-electron chi connectivity index (χ1n) is 7.65. The van der Waals surface area contributed by atoms with Gasteiger partial charge in [0.15, 0.2) is 5.13 Å². The maximum absolute atomic E-state index is 12.3. The van der Waals surface area contributed by atoms with Gasteiger partial charge in [-0.05, 0) is 42.3 Å². The van der Waals surface area contributed by atoms with E-state index in [-0.39, 0.29) is 4.90 Å². The third-order valence-corrected chi connectivity index (χ3v) is 6.43. The molecule has 1 atom stereocenters. The van der Waals surface area contributed by atoms with Crippen molar-refractivity contribution < 1.29 is 13.5 Å². The zero-order valence-corrected chi connectivity index (χ0v) is 15.7. The summed E-state index contributed by atoms with van der Waals surface area (Å²) in [5, 5.41) is 12.9. The normalized spacial score (nSPS) is 13.3. The van der Waals surface area contributed by atoms with Crippen LogP contribution in [0.4, 0.5) is 5.13 Å². The molecule has 3 aromatic rings. The van der Waals surface area contributed by atoms with Crippen molar-refractivity contribution in [2.24, 2.45) is 0 Å². The fourth-order valence-corrected chi connectivity index (χ4v) is 4.33. The molecule has 0 aliphatic carbocycles. The summed E-state index contributed by atoms with van der Waals surface area (Å²) in [5.41, 5.74) is 2.56. The fourth-order valence-electron chi connectivity index (χ4n) is 2.39. The van der Waals surface area contributed by atoms with E-state index >= 15 is 0 Å². The van der Waals surface area contributed by atoms with E-state index in [0.717, 1.165) is 21.3 Å². The van der Waals surface area contributed by atoms with Gasteiger partial charge in [0.2, 0.25) is 10.0 Å². The third-order valence-electron chi connectivity index (χ3n) is 3.67. The van der Waals surface area contributed by atoms with Crippen LogP contribution in [0.5, 0.6) is 0 Å². The number of aromatic nitrogens is 1. The first-order valence-corrected chi connectivity index (χ1v) is 9.91. The Hall–Kier alpha value is -2.00. The Morgan fingerprint density at radius 3 is 2.56 bits per heavy atom. The van der Waals surface area contributed by atoms with Gasteiger partial charge in [-0.3, -0.25) is 0 Å². The molecule has 0 bridgehead atoms. The van der Waals surface area contributed by atoms with Gasteiger partial charge in [-0.2, -0.15) is 0 Å². The van der Waals surface area contributed by atoms with Crippen LogP contribution in [0, 0.1) is 0 Å². The number of nitrogens with one attached hydrogen (secondary N) is 1. The Morgan fingerprint density at radius 1 is 1.16 bits per heavy atom. The number of anilines is 1. The number of aliphatic hydroxyl groups is 1. The Morgan fingerprint density at radius 2 is 1.88 bits per heavy atom. The van der Waals surface area contributed by atoms with Gasteiger partial charge >= 0.3 is 0 Å². The molecule has 6 nitrogen and oxygen atoms in total. The highest BCUT2D eigenvalue weighted by molar-refractivity contribution is 7.89. The lowest BCUT2D eigenvalue weighted by atomic mass is 10.1. The number of thiazole rings is 1. The molecule has 8 heteroatoms. The second-order valence-electron chi connectivity index (χ2n) is 5.84. The standard InChI is InChI=1S/C17H19N3O3S2/c1-11(21)18-17-19-15-8-7-13(10-16(15)24-17)12-5-4-6-14(9-12)25(22,23)20(2)3/h4-11,21H,1-3H3,(H,18,19). The molecule has 3 rings (SSSR count). The van der Waals surface area contributed by atoms with E-state index in [4.69, 9.17) is 0 Å². The summed E-state index contributed by atoms with van der Waals surface area (Å²) in [6.45, 7) is 1.63. The summed E-state index contributed by atoms with van der Waals surface area (Å²) in [7, 11) is -0.442. The molecule has 0 saturated carbocycles. The van der Waals surface area contributed by atoms with Gasteiger partial charge in [0.1, 0.15) is 6.23 Å². The van der Waals surface area contributed by atoms with Crippen LogP contribution >= 0.6 is 11.3 Å². The molecule has 1 heterocycles. The van der Waals surface area contributed by atoms with Crippen molar-refractivity contribution in [3.05, 3.63) is 42.5 Å². The SMILES string of the molecule is CC(O)Nc1nc2ccc(-c3cccc(S(=O)(=O)N(C)C)c3)cc2s1. The highest BCUT2D eigenvalue weighted by atomic mass is 32.2. The van der Waals surface area contributed by atoms with Gasteiger partial charge in [-0.1, -0.05) is 29.5 Å². The first-order chi connectivity index (χ1) is 11.8. The maximum Gasteiger partial charge on any atom is 0.242 e. The van der Waals surface area contributed by atoms with Crippen molar-refractivity contribution in [1.82, 2.24) is 9.29 Å². The predicted molar refractivity (Wildman–Crippen MR) is 101 cm³/mol. The first kappa shape index (κ1) is 17.8. The molecule has 0 saturated heterocycles. The summed E-state index contributed by atoms with van der Waals surface area (Å²) in [5.74, 6) is 0. The lowest BCUT2D eigenvalue weighted by Gasteiger charge is -2.12. The molecule has 0 radical (unpaired) electrons. The van der Waals surface area contributed by atoms with Gasteiger partial charge in [0, 0.05) is 14.1 Å². The number of rotatable bonds is 5. The second-order valence-corrected chi connectivity index (χ2v) is 9.02. The summed E-state index contributed by atoms with van der Waals surface area (Å²) < 4.78 is 26.8. The molecule has 2 aromatic carbocycles. The minimum atomic E-state index is -3.47. The molecular formula is C17H19N3O3S2. The van der Waals surface area contributed by atoms with E-state index in [1.807, 2.05) is 24.3 Å². The summed E-state index contributed by atoms with van der Waals surface area (Å²) in [6.07, 6.45) is -0.673. The van der Waals surface area contributed by atoms with Crippen molar-refractivity contribution in [3.63, 3.8) is 0 Å². The van der Waals surface area contributed by atoms with Gasteiger partial charge < -0.3 is 10.4 Å². The highest BCUT2D eigenvalue weighted by Crippen LogP contribution is 2.31. The number of hydrogen-bond acceptors (Lipinski definition) is 6. The topological polar surface area (TPSA) is 82.5 Å². The Kier molecular flexibility index (Phi) is 4.79. The molecule has 1 aromatic heterocycles. The summed E-state index contributed by atoms with van der Waals surface area (Å²) >= 11 is 1.44. The average molecular weight is 377 g/mol. The Balaban J connectivity index is 2.02. The van der Waals surface area contributed by atoms with Crippen molar-refractivity contribution in [2.45, 2.75) is 18.0 Å². The minimum Gasteiger partial charge on any atom is -0.374 e. The van der Waals surface area contributed by atoms with Crippen LogP contribution in [0.3, 0.4) is 0 Å². The minimum absolute atomic E-state index is 0.260. The van der Waals surface area contributed by atoms with Crippen molar-refractivity contribution in [2.75, 3.05) is 19.4 Å². The van der Waals surface area contributed by atoms with Crippen LogP contribution in [-0.2, 0) is 10.0 Å². The highest BCUT2D eigenvalue weighted by Gasteiger charge is 2.17. The quantitative estimate of drug-likeness (QED) is 0.668. The molecule has 0 spiro atoms. The van der Waals surface area contributed by atoms with Crippen LogP contribution in [0.25, 0.3) is 21.3 Å². The molecule has 0 aliphatic rings. The lowest BCUT2D eigenvalue weighted by molar-refractivity contribution is 0.224. The zero-order valence-electron chi connectivity index (χ0n) is 14.1. The van der Waals surface area contributed by atoms with Gasteiger partial charge in [0.25, 0.3) is 0 Å². The monoisotopic (exact) mass is 377 g/mol. The van der Waals surface area contributed by atoms with E-state index in [2.05, 4.69) is 10.3 Å². The smallest absolute Gasteiger partial charge is 0.242 e.